The average Bonchev–Trinajstić information content (AvgIpc) is 2.56. The summed E-state index contributed by atoms with van der Waals surface area (Å²) in [4.78, 5) is 23.7. The smallest absolute Gasteiger partial charge is 0.269 e. The predicted molar refractivity (Wildman–Crippen MR) is 90.7 cm³/mol. The van der Waals surface area contributed by atoms with Crippen LogP contribution in [-0.4, -0.2) is 24.5 Å². The summed E-state index contributed by atoms with van der Waals surface area (Å²) in [6, 6.07) is 11.9. The third-order valence-electron chi connectivity index (χ3n) is 3.35. The third kappa shape index (κ3) is 3.60. The topological polar surface area (TPSA) is 76.7 Å². The van der Waals surface area contributed by atoms with Crippen LogP contribution in [0.25, 0.3) is 0 Å². The Morgan fingerprint density at radius 1 is 1.08 bits per heavy atom. The second-order valence-corrected chi connectivity index (χ2v) is 5.66. The molecule has 1 heterocycles. The van der Waals surface area contributed by atoms with Crippen LogP contribution in [0, 0.1) is 0 Å². The molecule has 3 rings (SSSR count). The van der Waals surface area contributed by atoms with Gasteiger partial charge in [-0.1, -0.05) is 23.7 Å². The Balaban J connectivity index is 1.76. The van der Waals surface area contributed by atoms with Gasteiger partial charge in [0.2, 0.25) is 12.0 Å². The zero-order chi connectivity index (χ0) is 17.1. The quantitative estimate of drug-likeness (QED) is 0.895. The number of amides is 2. The lowest BCUT2D eigenvalue weighted by atomic mass is 10.2. The lowest BCUT2D eigenvalue weighted by molar-refractivity contribution is -0.125. The zero-order valence-corrected chi connectivity index (χ0v) is 13.6. The van der Waals surface area contributed by atoms with E-state index in [1.54, 1.807) is 36.4 Å². The molecule has 0 bridgehead atoms. The second-order valence-electron chi connectivity index (χ2n) is 5.22. The summed E-state index contributed by atoms with van der Waals surface area (Å²) in [5.74, 6) is 0.470. The lowest BCUT2D eigenvalue weighted by Crippen LogP contribution is -2.40. The van der Waals surface area contributed by atoms with Crippen molar-refractivity contribution in [2.75, 3.05) is 17.2 Å². The van der Waals surface area contributed by atoms with E-state index in [1.165, 1.54) is 6.92 Å². The first-order chi connectivity index (χ1) is 11.5. The number of halogens is 1. The Morgan fingerprint density at radius 2 is 1.83 bits per heavy atom. The van der Waals surface area contributed by atoms with Gasteiger partial charge in [-0.15, -0.1) is 0 Å². The highest BCUT2D eigenvalue weighted by Crippen LogP contribution is 2.32. The molecular weight excluding hydrogens is 332 g/mol. The Labute approximate surface area is 143 Å². The molecule has 24 heavy (non-hydrogen) atoms. The largest absolute Gasteiger partial charge is 0.485 e. The predicted octanol–water partition coefficient (Wildman–Crippen LogP) is 3.08. The summed E-state index contributed by atoms with van der Waals surface area (Å²) >= 11 is 5.97. The number of hydrogen-bond acceptors (Lipinski definition) is 4. The van der Waals surface area contributed by atoms with Gasteiger partial charge >= 0.3 is 0 Å². The fraction of sp³-hybridized carbons (Fsp3) is 0.176. The van der Waals surface area contributed by atoms with Crippen LogP contribution in [0.3, 0.4) is 0 Å². The summed E-state index contributed by atoms with van der Waals surface area (Å²) in [6.07, 6.45) is -0.802. The van der Waals surface area contributed by atoms with E-state index in [9.17, 15) is 9.59 Å². The van der Waals surface area contributed by atoms with Crippen LogP contribution >= 0.6 is 11.6 Å². The number of nitrogens with one attached hydrogen (secondary N) is 2. The van der Waals surface area contributed by atoms with Crippen molar-refractivity contribution < 1.29 is 19.1 Å². The average molecular weight is 347 g/mol. The number of carbonyl (C=O) groups excluding carboxylic acids is 2. The van der Waals surface area contributed by atoms with Crippen LogP contribution in [-0.2, 0) is 9.59 Å². The molecule has 2 N–H and O–H groups in total. The van der Waals surface area contributed by atoms with Gasteiger partial charge in [0.25, 0.3) is 5.91 Å². The van der Waals surface area contributed by atoms with Gasteiger partial charge in [0.1, 0.15) is 6.61 Å². The molecule has 7 heteroatoms. The van der Waals surface area contributed by atoms with E-state index in [-0.39, 0.29) is 12.5 Å². The molecule has 1 aliphatic rings. The van der Waals surface area contributed by atoms with Crippen LogP contribution in [0.1, 0.15) is 6.92 Å². The fourth-order valence-electron chi connectivity index (χ4n) is 2.28. The van der Waals surface area contributed by atoms with Crippen molar-refractivity contribution in [2.45, 2.75) is 13.0 Å². The Hall–Kier alpha value is -2.73. The molecule has 1 aliphatic heterocycles. The van der Waals surface area contributed by atoms with Gasteiger partial charge in [-0.3, -0.25) is 9.59 Å². The summed E-state index contributed by atoms with van der Waals surface area (Å²) in [5, 5.41) is 5.79. The molecule has 0 aliphatic carbocycles. The molecule has 2 amide bonds. The number of fused-ring (bicyclic) bond motifs is 1. The summed E-state index contributed by atoms with van der Waals surface area (Å²) in [5.41, 5.74) is 0.850. The molecule has 0 saturated carbocycles. The van der Waals surface area contributed by atoms with Gasteiger partial charge in [0.15, 0.2) is 11.5 Å². The molecule has 2 aromatic carbocycles. The van der Waals surface area contributed by atoms with Gasteiger partial charge in [-0.2, -0.15) is 0 Å². The van der Waals surface area contributed by atoms with Crippen LogP contribution in [0.5, 0.6) is 11.5 Å². The van der Waals surface area contributed by atoms with Crippen LogP contribution in [0.2, 0.25) is 5.02 Å². The number of para-hydroxylation sites is 2. The van der Waals surface area contributed by atoms with Gasteiger partial charge in [-0.05, 0) is 30.3 Å². The number of ether oxygens (including phenoxy) is 2. The molecule has 0 aromatic heterocycles. The molecular formula is C17H15ClN2O4. The van der Waals surface area contributed by atoms with E-state index in [0.29, 0.717) is 27.9 Å². The Kier molecular flexibility index (Phi) is 4.57. The van der Waals surface area contributed by atoms with E-state index < -0.39 is 12.0 Å². The highest BCUT2D eigenvalue weighted by molar-refractivity contribution is 6.31. The van der Waals surface area contributed by atoms with Crippen molar-refractivity contribution in [1.29, 1.82) is 0 Å². The van der Waals surface area contributed by atoms with E-state index in [4.69, 9.17) is 21.1 Å². The maximum absolute atomic E-state index is 12.5. The number of anilines is 2. The van der Waals surface area contributed by atoms with Gasteiger partial charge in [0, 0.05) is 11.9 Å². The van der Waals surface area contributed by atoms with Crippen molar-refractivity contribution in [1.82, 2.24) is 0 Å². The molecule has 2 aromatic rings. The third-order valence-corrected chi connectivity index (χ3v) is 3.59. The summed E-state index contributed by atoms with van der Waals surface area (Å²) in [7, 11) is 0. The normalized spacial score (nSPS) is 15.5. The highest BCUT2D eigenvalue weighted by Gasteiger charge is 2.27. The molecule has 0 unspecified atom stereocenters. The van der Waals surface area contributed by atoms with Crippen molar-refractivity contribution in [3.8, 4) is 11.5 Å². The van der Waals surface area contributed by atoms with Crippen molar-refractivity contribution >= 4 is 34.8 Å². The Morgan fingerprint density at radius 3 is 2.58 bits per heavy atom. The van der Waals surface area contributed by atoms with Gasteiger partial charge in [0.05, 0.1) is 11.4 Å². The maximum Gasteiger partial charge on any atom is 0.269 e. The second kappa shape index (κ2) is 6.80. The van der Waals surface area contributed by atoms with Gasteiger partial charge in [-0.25, -0.2) is 0 Å². The van der Waals surface area contributed by atoms with E-state index >= 15 is 0 Å². The number of hydrogen-bond donors (Lipinski definition) is 2. The van der Waals surface area contributed by atoms with E-state index in [2.05, 4.69) is 10.6 Å². The zero-order valence-electron chi connectivity index (χ0n) is 12.8. The van der Waals surface area contributed by atoms with E-state index in [0.717, 1.165) is 0 Å². The minimum Gasteiger partial charge on any atom is -0.485 e. The number of benzene rings is 2. The first-order valence-electron chi connectivity index (χ1n) is 7.29. The lowest BCUT2D eigenvalue weighted by Gasteiger charge is -2.25. The first kappa shape index (κ1) is 16.1. The van der Waals surface area contributed by atoms with Crippen LogP contribution in [0.15, 0.2) is 42.5 Å². The standard InChI is InChI=1S/C17H15ClN2O4/c1-10(21)19-12-7-6-11(18)8-13(12)20-17(22)16-9-23-14-4-2-3-5-15(14)24-16/h2-8,16H,9H2,1H3,(H,19,21)(H,20,22)/t16-/m1/s1. The minimum absolute atomic E-state index is 0.0961. The molecule has 0 spiro atoms. The Bertz CT molecular complexity index is 794. The number of carbonyl (C=O) groups is 2. The molecule has 124 valence electrons. The minimum atomic E-state index is -0.802. The van der Waals surface area contributed by atoms with Crippen molar-refractivity contribution in [3.05, 3.63) is 47.5 Å². The molecule has 6 nitrogen and oxygen atoms in total. The van der Waals surface area contributed by atoms with E-state index in [1.807, 2.05) is 6.07 Å². The SMILES string of the molecule is CC(=O)Nc1ccc(Cl)cc1NC(=O)[C@H]1COc2ccccc2O1. The summed E-state index contributed by atoms with van der Waals surface area (Å²) in [6.45, 7) is 1.48. The maximum atomic E-state index is 12.5. The highest BCUT2D eigenvalue weighted by atomic mass is 35.5. The summed E-state index contributed by atoms with van der Waals surface area (Å²) < 4.78 is 11.2. The van der Waals surface area contributed by atoms with Crippen LogP contribution in [0.4, 0.5) is 11.4 Å². The van der Waals surface area contributed by atoms with Gasteiger partial charge < -0.3 is 20.1 Å². The molecule has 0 fully saturated rings. The monoisotopic (exact) mass is 346 g/mol. The fourth-order valence-corrected chi connectivity index (χ4v) is 2.45. The first-order valence-corrected chi connectivity index (χ1v) is 7.67. The van der Waals surface area contributed by atoms with Crippen LogP contribution < -0.4 is 20.1 Å². The molecule has 1 atom stereocenters. The molecule has 0 saturated heterocycles. The van der Waals surface area contributed by atoms with Crippen molar-refractivity contribution in [3.63, 3.8) is 0 Å². The number of rotatable bonds is 3. The van der Waals surface area contributed by atoms with Crippen molar-refractivity contribution in [2.24, 2.45) is 0 Å². The molecule has 0 radical (unpaired) electrons.